The van der Waals surface area contributed by atoms with Crippen molar-refractivity contribution in [3.8, 4) is 0 Å². The van der Waals surface area contributed by atoms with Crippen LogP contribution in [0.4, 0.5) is 0 Å². The molecule has 1 aliphatic carbocycles. The number of likely N-dealkylation sites (tertiary alicyclic amines) is 2. The number of hydrogen-bond donors (Lipinski definition) is 1. The Bertz CT molecular complexity index is 392. The Kier molecular flexibility index (Phi) is 5.84. The van der Waals surface area contributed by atoms with Gasteiger partial charge < -0.3 is 15.1 Å². The maximum Gasteiger partial charge on any atom is 0.193 e. The van der Waals surface area contributed by atoms with Crippen molar-refractivity contribution in [1.82, 2.24) is 15.1 Å². The van der Waals surface area contributed by atoms with Gasteiger partial charge in [-0.3, -0.25) is 4.99 Å². The quantitative estimate of drug-likeness (QED) is 0.491. The van der Waals surface area contributed by atoms with Gasteiger partial charge in [-0.15, -0.1) is 0 Å². The minimum absolute atomic E-state index is 0.627. The summed E-state index contributed by atoms with van der Waals surface area (Å²) in [6, 6.07) is 0. The highest BCUT2D eigenvalue weighted by Crippen LogP contribution is 2.45. The lowest BCUT2D eigenvalue weighted by Crippen LogP contribution is -2.42. The molecule has 0 aromatic rings. The molecule has 132 valence electrons. The van der Waals surface area contributed by atoms with Gasteiger partial charge in [-0.25, -0.2) is 0 Å². The van der Waals surface area contributed by atoms with Gasteiger partial charge in [0.1, 0.15) is 0 Å². The zero-order chi connectivity index (χ0) is 16.1. The van der Waals surface area contributed by atoms with Gasteiger partial charge in [-0.05, 0) is 69.5 Å². The molecule has 1 N–H and O–H groups in total. The summed E-state index contributed by atoms with van der Waals surface area (Å²) in [5, 5.41) is 3.62. The van der Waals surface area contributed by atoms with Crippen LogP contribution in [0.2, 0.25) is 0 Å². The van der Waals surface area contributed by atoms with Crippen LogP contribution in [-0.2, 0) is 0 Å². The maximum absolute atomic E-state index is 4.54. The Morgan fingerprint density at radius 3 is 2.57 bits per heavy atom. The van der Waals surface area contributed by atoms with Crippen molar-refractivity contribution in [3.63, 3.8) is 0 Å². The van der Waals surface area contributed by atoms with Crippen LogP contribution in [0.3, 0.4) is 0 Å². The zero-order valence-corrected chi connectivity index (χ0v) is 15.3. The summed E-state index contributed by atoms with van der Waals surface area (Å²) in [6.07, 6.45) is 11.1. The molecule has 0 atom stereocenters. The second kappa shape index (κ2) is 7.87. The third kappa shape index (κ3) is 4.40. The molecule has 0 amide bonds. The Balaban J connectivity index is 1.35. The number of guanidine groups is 1. The molecular formula is C19H36N4. The molecule has 4 nitrogen and oxygen atoms in total. The molecule has 1 saturated carbocycles. The van der Waals surface area contributed by atoms with Gasteiger partial charge in [0.2, 0.25) is 0 Å². The molecule has 0 aromatic carbocycles. The van der Waals surface area contributed by atoms with E-state index in [0.29, 0.717) is 5.41 Å². The first-order chi connectivity index (χ1) is 11.2. The van der Waals surface area contributed by atoms with Gasteiger partial charge in [0.15, 0.2) is 5.96 Å². The third-order valence-electron chi connectivity index (χ3n) is 6.42. The van der Waals surface area contributed by atoms with Crippen LogP contribution in [0, 0.1) is 11.3 Å². The molecular weight excluding hydrogens is 284 g/mol. The minimum atomic E-state index is 0.627. The van der Waals surface area contributed by atoms with E-state index in [9.17, 15) is 0 Å². The first kappa shape index (κ1) is 17.1. The first-order valence-electron chi connectivity index (χ1n) is 9.89. The summed E-state index contributed by atoms with van der Waals surface area (Å²) in [4.78, 5) is 9.68. The molecule has 3 rings (SSSR count). The van der Waals surface area contributed by atoms with Crippen molar-refractivity contribution in [2.45, 2.75) is 58.3 Å². The summed E-state index contributed by atoms with van der Waals surface area (Å²) >= 11 is 0. The number of aliphatic imine (C=N–C) groups is 1. The molecule has 0 bridgehead atoms. The summed E-state index contributed by atoms with van der Waals surface area (Å²) in [6.45, 7) is 9.70. The molecule has 3 aliphatic rings. The van der Waals surface area contributed by atoms with E-state index in [0.717, 1.165) is 18.4 Å². The van der Waals surface area contributed by atoms with E-state index in [2.05, 4.69) is 27.0 Å². The van der Waals surface area contributed by atoms with Crippen LogP contribution in [0.25, 0.3) is 0 Å². The van der Waals surface area contributed by atoms with Crippen molar-refractivity contribution in [1.29, 1.82) is 0 Å². The summed E-state index contributed by atoms with van der Waals surface area (Å²) < 4.78 is 0. The van der Waals surface area contributed by atoms with Crippen molar-refractivity contribution < 1.29 is 0 Å². The van der Waals surface area contributed by atoms with E-state index in [1.807, 2.05) is 7.05 Å². The molecule has 0 aromatic heterocycles. The molecule has 2 saturated heterocycles. The topological polar surface area (TPSA) is 30.9 Å². The molecule has 2 heterocycles. The molecule has 3 fully saturated rings. The molecule has 2 aliphatic heterocycles. The Labute approximate surface area is 142 Å². The average Bonchev–Trinajstić information content (AvgIpc) is 3.20. The fraction of sp³-hybridized carbons (Fsp3) is 0.947. The minimum Gasteiger partial charge on any atom is -0.356 e. The van der Waals surface area contributed by atoms with Gasteiger partial charge in [-0.2, -0.15) is 0 Å². The van der Waals surface area contributed by atoms with Crippen molar-refractivity contribution in [2.75, 3.05) is 46.3 Å². The summed E-state index contributed by atoms with van der Waals surface area (Å²) in [5.41, 5.74) is 0.627. The van der Waals surface area contributed by atoms with Crippen LogP contribution < -0.4 is 5.32 Å². The highest BCUT2D eigenvalue weighted by Gasteiger charge is 2.40. The molecule has 0 unspecified atom stereocenters. The van der Waals surface area contributed by atoms with Gasteiger partial charge in [-0.1, -0.05) is 19.8 Å². The lowest BCUT2D eigenvalue weighted by atomic mass is 9.86. The second-order valence-corrected chi connectivity index (χ2v) is 8.23. The van der Waals surface area contributed by atoms with Crippen LogP contribution in [-0.4, -0.2) is 62.1 Å². The number of nitrogens with one attached hydrogen (secondary N) is 1. The van der Waals surface area contributed by atoms with E-state index in [1.165, 1.54) is 84.1 Å². The van der Waals surface area contributed by atoms with E-state index < -0.39 is 0 Å². The van der Waals surface area contributed by atoms with Crippen molar-refractivity contribution >= 4 is 5.96 Å². The highest BCUT2D eigenvalue weighted by molar-refractivity contribution is 5.80. The number of rotatable bonds is 4. The van der Waals surface area contributed by atoms with Crippen molar-refractivity contribution in [3.05, 3.63) is 0 Å². The third-order valence-corrected chi connectivity index (χ3v) is 6.42. The fourth-order valence-electron chi connectivity index (χ4n) is 4.77. The SMILES string of the molecule is CN=C(NCCCN1CCC(C)CC1)N1CCC2(CCCC2)C1. The monoisotopic (exact) mass is 320 g/mol. The zero-order valence-electron chi connectivity index (χ0n) is 15.3. The van der Waals surface area contributed by atoms with Gasteiger partial charge in [0.25, 0.3) is 0 Å². The number of nitrogens with zero attached hydrogens (tertiary/aromatic N) is 3. The van der Waals surface area contributed by atoms with Crippen LogP contribution >= 0.6 is 0 Å². The number of piperidine rings is 1. The first-order valence-corrected chi connectivity index (χ1v) is 9.89. The van der Waals surface area contributed by atoms with Crippen LogP contribution in [0.5, 0.6) is 0 Å². The van der Waals surface area contributed by atoms with Crippen LogP contribution in [0.15, 0.2) is 4.99 Å². The maximum atomic E-state index is 4.54. The van der Waals surface area contributed by atoms with Gasteiger partial charge in [0, 0.05) is 26.7 Å². The van der Waals surface area contributed by atoms with Gasteiger partial charge in [0.05, 0.1) is 0 Å². The standard InChI is InChI=1S/C19H36N4/c1-17-6-13-22(14-7-17)12-5-11-21-18(20-2)23-15-10-19(16-23)8-3-4-9-19/h17H,3-16H2,1-2H3,(H,20,21). The lowest BCUT2D eigenvalue weighted by molar-refractivity contribution is 0.191. The predicted molar refractivity (Wildman–Crippen MR) is 97.9 cm³/mol. The smallest absolute Gasteiger partial charge is 0.193 e. The predicted octanol–water partition coefficient (Wildman–Crippen LogP) is 2.95. The van der Waals surface area contributed by atoms with E-state index in [4.69, 9.17) is 0 Å². The summed E-state index contributed by atoms with van der Waals surface area (Å²) in [5.74, 6) is 2.07. The molecule has 1 spiro atoms. The van der Waals surface area contributed by atoms with Crippen molar-refractivity contribution in [2.24, 2.45) is 16.3 Å². The molecule has 4 heteroatoms. The number of hydrogen-bond acceptors (Lipinski definition) is 2. The molecule has 0 radical (unpaired) electrons. The normalized spacial score (nSPS) is 26.3. The molecule has 23 heavy (non-hydrogen) atoms. The Morgan fingerprint density at radius 2 is 1.87 bits per heavy atom. The Hall–Kier alpha value is -0.770. The lowest BCUT2D eigenvalue weighted by Gasteiger charge is -2.30. The average molecular weight is 321 g/mol. The Morgan fingerprint density at radius 1 is 1.13 bits per heavy atom. The van der Waals surface area contributed by atoms with E-state index >= 15 is 0 Å². The van der Waals surface area contributed by atoms with Crippen LogP contribution in [0.1, 0.15) is 58.3 Å². The van der Waals surface area contributed by atoms with E-state index in [1.54, 1.807) is 0 Å². The van der Waals surface area contributed by atoms with Gasteiger partial charge >= 0.3 is 0 Å². The second-order valence-electron chi connectivity index (χ2n) is 8.23. The highest BCUT2D eigenvalue weighted by atomic mass is 15.3. The summed E-state index contributed by atoms with van der Waals surface area (Å²) in [7, 11) is 1.94. The fourth-order valence-corrected chi connectivity index (χ4v) is 4.77. The largest absolute Gasteiger partial charge is 0.356 e. The van der Waals surface area contributed by atoms with E-state index in [-0.39, 0.29) is 0 Å².